The van der Waals surface area contributed by atoms with Crippen molar-refractivity contribution < 1.29 is 9.18 Å². The van der Waals surface area contributed by atoms with Gasteiger partial charge < -0.3 is 0 Å². The molecule has 1 aliphatic heterocycles. The number of nitrogens with zero attached hydrogens (tertiary/aromatic N) is 4. The summed E-state index contributed by atoms with van der Waals surface area (Å²) in [6, 6.07) is 5.65. The van der Waals surface area contributed by atoms with E-state index >= 15 is 0 Å². The van der Waals surface area contributed by atoms with Gasteiger partial charge in [0.15, 0.2) is 5.16 Å². The number of nitrogens with one attached hydrogen (secondary N) is 1. The second-order valence-corrected chi connectivity index (χ2v) is 9.19. The van der Waals surface area contributed by atoms with Gasteiger partial charge in [0, 0.05) is 12.2 Å². The number of thioether (sulfide) groups is 2. The van der Waals surface area contributed by atoms with Crippen LogP contribution in [0.2, 0.25) is 0 Å². The van der Waals surface area contributed by atoms with Crippen LogP contribution in [0.25, 0.3) is 5.69 Å². The quantitative estimate of drug-likeness (QED) is 0.457. The molecule has 11 heteroatoms. The van der Waals surface area contributed by atoms with E-state index in [4.69, 9.17) is 0 Å². The molecule has 0 fully saturated rings. The van der Waals surface area contributed by atoms with Crippen LogP contribution in [0, 0.1) is 5.82 Å². The Morgan fingerprint density at radius 3 is 2.83 bits per heavy atom. The second kappa shape index (κ2) is 8.64. The first-order valence-corrected chi connectivity index (χ1v) is 11.6. The topological polar surface area (TPSA) is 89.8 Å². The van der Waals surface area contributed by atoms with Crippen LogP contribution in [0.15, 0.2) is 39.1 Å². The van der Waals surface area contributed by atoms with E-state index < -0.39 is 0 Å². The third kappa shape index (κ3) is 4.36. The maximum absolute atomic E-state index is 13.3. The number of amides is 1. The molecule has 29 heavy (non-hydrogen) atoms. The number of halogens is 1. The lowest BCUT2D eigenvalue weighted by molar-refractivity contribution is -0.113. The fraction of sp³-hybridized carbons (Fsp3) is 0.278. The zero-order chi connectivity index (χ0) is 20.4. The van der Waals surface area contributed by atoms with Gasteiger partial charge in [0.25, 0.3) is 5.56 Å². The van der Waals surface area contributed by atoms with Crippen LogP contribution in [0.4, 0.5) is 9.52 Å². The number of carbonyl (C=O) groups is 1. The molecule has 0 bridgehead atoms. The molecule has 2 aromatic heterocycles. The molecular weight excluding hydrogens is 433 g/mol. The number of hydrogen-bond acceptors (Lipinski definition) is 8. The summed E-state index contributed by atoms with van der Waals surface area (Å²) < 4.78 is 14.8. The third-order valence-corrected chi connectivity index (χ3v) is 7.13. The number of anilines is 1. The second-order valence-electron chi connectivity index (χ2n) is 6.08. The molecule has 3 heterocycles. The van der Waals surface area contributed by atoms with Crippen molar-refractivity contribution in [3.8, 4) is 5.69 Å². The fourth-order valence-electron chi connectivity index (χ4n) is 2.74. The van der Waals surface area contributed by atoms with Crippen molar-refractivity contribution >= 4 is 45.9 Å². The van der Waals surface area contributed by atoms with Crippen LogP contribution >= 0.6 is 34.9 Å². The minimum Gasteiger partial charge on any atom is -0.300 e. The summed E-state index contributed by atoms with van der Waals surface area (Å²) in [7, 11) is 0. The highest BCUT2D eigenvalue weighted by Crippen LogP contribution is 2.30. The minimum atomic E-state index is -0.387. The maximum atomic E-state index is 13.3. The standard InChI is InChI=1S/C18H16FN5O2S3/c1-2-14-22-23-17(29-14)21-13(25)9-28-18-20-12-7-8-27-15(12)16(26)24(18)11-5-3-10(19)4-6-11/h3-6H,2,7-9H2,1H3,(H,21,23,25). The Morgan fingerprint density at radius 2 is 2.10 bits per heavy atom. The number of rotatable bonds is 6. The van der Waals surface area contributed by atoms with Crippen LogP contribution < -0.4 is 10.9 Å². The lowest BCUT2D eigenvalue weighted by Gasteiger charge is -2.13. The third-order valence-electron chi connectivity index (χ3n) is 4.10. The van der Waals surface area contributed by atoms with E-state index in [0.29, 0.717) is 27.3 Å². The van der Waals surface area contributed by atoms with E-state index in [2.05, 4.69) is 20.5 Å². The monoisotopic (exact) mass is 449 g/mol. The summed E-state index contributed by atoms with van der Waals surface area (Å²) in [5.41, 5.74) is 1.07. The van der Waals surface area contributed by atoms with E-state index in [1.165, 1.54) is 51.9 Å². The molecule has 0 aliphatic carbocycles. The SMILES string of the molecule is CCc1nnc(NC(=O)CSc2nc3c(c(=O)n2-c2ccc(F)cc2)SCC3)s1. The Hall–Kier alpha value is -2.24. The number of aromatic nitrogens is 4. The summed E-state index contributed by atoms with van der Waals surface area (Å²) in [4.78, 5) is 30.6. The summed E-state index contributed by atoms with van der Waals surface area (Å²) in [6.07, 6.45) is 1.47. The van der Waals surface area contributed by atoms with Crippen molar-refractivity contribution in [3.05, 3.63) is 51.1 Å². The molecule has 1 aliphatic rings. The average Bonchev–Trinajstić information content (AvgIpc) is 3.37. The Kier molecular flexibility index (Phi) is 5.97. The highest BCUT2D eigenvalue weighted by Gasteiger charge is 2.23. The average molecular weight is 450 g/mol. The predicted molar refractivity (Wildman–Crippen MR) is 113 cm³/mol. The van der Waals surface area contributed by atoms with Gasteiger partial charge in [0.05, 0.1) is 22.0 Å². The predicted octanol–water partition coefficient (Wildman–Crippen LogP) is 3.16. The van der Waals surface area contributed by atoms with Crippen LogP contribution in [0.3, 0.4) is 0 Å². The lowest BCUT2D eigenvalue weighted by Crippen LogP contribution is -2.24. The zero-order valence-electron chi connectivity index (χ0n) is 15.3. The molecule has 0 saturated carbocycles. The van der Waals surface area contributed by atoms with Gasteiger partial charge in [-0.15, -0.1) is 22.0 Å². The number of fused-ring (bicyclic) bond motifs is 1. The Morgan fingerprint density at radius 1 is 1.31 bits per heavy atom. The first-order valence-electron chi connectivity index (χ1n) is 8.85. The van der Waals surface area contributed by atoms with E-state index in [1.54, 1.807) is 0 Å². The number of hydrogen-bond donors (Lipinski definition) is 1. The Balaban J connectivity index is 1.59. The van der Waals surface area contributed by atoms with E-state index in [-0.39, 0.29) is 23.0 Å². The molecule has 7 nitrogen and oxygen atoms in total. The first-order chi connectivity index (χ1) is 14.0. The summed E-state index contributed by atoms with van der Waals surface area (Å²) in [5, 5.41) is 12.3. The van der Waals surface area contributed by atoms with E-state index in [9.17, 15) is 14.0 Å². The van der Waals surface area contributed by atoms with Gasteiger partial charge in [-0.05, 0) is 30.7 Å². The molecule has 0 unspecified atom stereocenters. The largest absolute Gasteiger partial charge is 0.300 e. The molecule has 1 aromatic carbocycles. The Labute approximate surface area is 178 Å². The van der Waals surface area contributed by atoms with Gasteiger partial charge in [-0.2, -0.15) is 0 Å². The van der Waals surface area contributed by atoms with Gasteiger partial charge in [0.2, 0.25) is 11.0 Å². The Bertz CT molecular complexity index is 1110. The molecule has 1 amide bonds. The van der Waals surface area contributed by atoms with E-state index in [0.717, 1.165) is 34.6 Å². The molecule has 0 radical (unpaired) electrons. The van der Waals surface area contributed by atoms with Gasteiger partial charge in [-0.1, -0.05) is 30.0 Å². The molecular formula is C18H16FN5O2S3. The lowest BCUT2D eigenvalue weighted by atomic mass is 10.3. The van der Waals surface area contributed by atoms with Crippen molar-refractivity contribution in [1.29, 1.82) is 0 Å². The number of carbonyl (C=O) groups excluding carboxylic acids is 1. The molecule has 3 aromatic rings. The number of aryl methyl sites for hydroxylation is 2. The fourth-order valence-corrected chi connectivity index (χ4v) is 5.29. The van der Waals surface area contributed by atoms with Crippen molar-refractivity contribution in [2.45, 2.75) is 29.8 Å². The zero-order valence-corrected chi connectivity index (χ0v) is 17.8. The maximum Gasteiger partial charge on any atom is 0.272 e. The summed E-state index contributed by atoms with van der Waals surface area (Å²) in [6.45, 7) is 1.97. The van der Waals surface area contributed by atoms with Gasteiger partial charge >= 0.3 is 0 Å². The summed E-state index contributed by atoms with van der Waals surface area (Å²) in [5.74, 6) is 0.207. The van der Waals surface area contributed by atoms with Crippen LogP contribution in [-0.4, -0.2) is 37.2 Å². The molecule has 150 valence electrons. The molecule has 0 spiro atoms. The smallest absolute Gasteiger partial charge is 0.272 e. The highest BCUT2D eigenvalue weighted by atomic mass is 32.2. The number of benzene rings is 1. The molecule has 1 N–H and O–H groups in total. The van der Waals surface area contributed by atoms with Crippen molar-refractivity contribution in [2.24, 2.45) is 0 Å². The van der Waals surface area contributed by atoms with Gasteiger partial charge in [-0.25, -0.2) is 9.37 Å². The van der Waals surface area contributed by atoms with Crippen molar-refractivity contribution in [1.82, 2.24) is 19.7 Å². The molecule has 4 rings (SSSR count). The van der Waals surface area contributed by atoms with Crippen LogP contribution in [-0.2, 0) is 17.6 Å². The van der Waals surface area contributed by atoms with E-state index in [1.807, 2.05) is 6.92 Å². The summed E-state index contributed by atoms with van der Waals surface area (Å²) >= 11 is 3.96. The van der Waals surface area contributed by atoms with Crippen molar-refractivity contribution in [2.75, 3.05) is 16.8 Å². The highest BCUT2D eigenvalue weighted by molar-refractivity contribution is 8.00. The normalized spacial score (nSPS) is 12.8. The van der Waals surface area contributed by atoms with Gasteiger partial charge in [-0.3, -0.25) is 19.5 Å². The van der Waals surface area contributed by atoms with Crippen molar-refractivity contribution in [3.63, 3.8) is 0 Å². The molecule has 0 saturated heterocycles. The minimum absolute atomic E-state index is 0.0562. The van der Waals surface area contributed by atoms with Crippen LogP contribution in [0.1, 0.15) is 17.6 Å². The molecule has 0 atom stereocenters. The first kappa shape index (κ1) is 20.0. The van der Waals surface area contributed by atoms with Crippen LogP contribution in [0.5, 0.6) is 0 Å². The van der Waals surface area contributed by atoms with Gasteiger partial charge in [0.1, 0.15) is 10.8 Å².